The molecule has 2 N–H and O–H groups in total. The van der Waals surface area contributed by atoms with E-state index in [-0.39, 0.29) is 0 Å². The molecule has 1 fully saturated rings. The van der Waals surface area contributed by atoms with E-state index in [0.29, 0.717) is 12.0 Å². The predicted molar refractivity (Wildman–Crippen MR) is 89.3 cm³/mol. The number of aromatic nitrogens is 1. The van der Waals surface area contributed by atoms with Crippen molar-refractivity contribution in [1.82, 2.24) is 9.47 Å². The van der Waals surface area contributed by atoms with Gasteiger partial charge in [0.1, 0.15) is 0 Å². The number of fused-ring (bicyclic) bond motifs is 1. The average Bonchev–Trinajstić information content (AvgIpc) is 2.74. The van der Waals surface area contributed by atoms with Crippen molar-refractivity contribution < 1.29 is 0 Å². The SMILES string of the molecule is CCC1CN(Cc2c(C)c3ccccc3n2C)CCC1N. The van der Waals surface area contributed by atoms with E-state index in [0.717, 1.165) is 26.1 Å². The van der Waals surface area contributed by atoms with Crippen molar-refractivity contribution in [2.75, 3.05) is 13.1 Å². The van der Waals surface area contributed by atoms with Crippen LogP contribution in [-0.4, -0.2) is 28.6 Å². The fourth-order valence-corrected chi connectivity index (χ4v) is 3.77. The quantitative estimate of drug-likeness (QED) is 0.940. The highest BCUT2D eigenvalue weighted by molar-refractivity contribution is 5.85. The summed E-state index contributed by atoms with van der Waals surface area (Å²) in [7, 11) is 2.19. The standard InChI is InChI=1S/C18H27N3/c1-4-14-11-21(10-9-16(14)19)12-18-13(2)15-7-5-6-8-17(15)20(18)3/h5-8,14,16H,4,9-12,19H2,1-3H3. The van der Waals surface area contributed by atoms with Crippen molar-refractivity contribution in [2.45, 2.75) is 39.3 Å². The maximum Gasteiger partial charge on any atom is 0.0483 e. The van der Waals surface area contributed by atoms with Crippen LogP contribution in [0.15, 0.2) is 24.3 Å². The molecule has 21 heavy (non-hydrogen) atoms. The number of nitrogens with zero attached hydrogens (tertiary/aromatic N) is 2. The number of nitrogens with two attached hydrogens (primary N) is 1. The molecule has 1 aliphatic rings. The number of piperidine rings is 1. The lowest BCUT2D eigenvalue weighted by Crippen LogP contribution is -2.46. The summed E-state index contributed by atoms with van der Waals surface area (Å²) in [6.45, 7) is 7.82. The van der Waals surface area contributed by atoms with Gasteiger partial charge in [0.15, 0.2) is 0 Å². The van der Waals surface area contributed by atoms with Gasteiger partial charge in [0, 0.05) is 49.3 Å². The number of hydrogen-bond acceptors (Lipinski definition) is 2. The van der Waals surface area contributed by atoms with Crippen LogP contribution in [-0.2, 0) is 13.6 Å². The molecule has 2 unspecified atom stereocenters. The Morgan fingerprint density at radius 2 is 2.05 bits per heavy atom. The smallest absolute Gasteiger partial charge is 0.0483 e. The van der Waals surface area contributed by atoms with Gasteiger partial charge in [0.25, 0.3) is 0 Å². The lowest BCUT2D eigenvalue weighted by molar-refractivity contribution is 0.143. The molecular weight excluding hydrogens is 258 g/mol. The molecule has 2 heterocycles. The highest BCUT2D eigenvalue weighted by Crippen LogP contribution is 2.27. The normalized spacial score (nSPS) is 23.8. The van der Waals surface area contributed by atoms with Crippen LogP contribution in [0.25, 0.3) is 10.9 Å². The van der Waals surface area contributed by atoms with Gasteiger partial charge in [0.2, 0.25) is 0 Å². The molecule has 114 valence electrons. The Labute approximate surface area is 127 Å². The van der Waals surface area contributed by atoms with Gasteiger partial charge in [0.05, 0.1) is 0 Å². The van der Waals surface area contributed by atoms with Gasteiger partial charge < -0.3 is 10.3 Å². The molecule has 2 aromatic rings. The average molecular weight is 285 g/mol. The fourth-order valence-electron chi connectivity index (χ4n) is 3.77. The van der Waals surface area contributed by atoms with Crippen LogP contribution < -0.4 is 5.73 Å². The monoisotopic (exact) mass is 285 g/mol. The minimum atomic E-state index is 0.389. The summed E-state index contributed by atoms with van der Waals surface area (Å²) in [5, 5.41) is 1.38. The number of para-hydroxylation sites is 1. The molecule has 0 amide bonds. The Morgan fingerprint density at radius 1 is 1.29 bits per heavy atom. The third-order valence-electron chi connectivity index (χ3n) is 5.28. The van der Waals surface area contributed by atoms with Crippen molar-refractivity contribution >= 4 is 10.9 Å². The molecule has 1 saturated heterocycles. The maximum atomic E-state index is 6.23. The molecule has 2 atom stereocenters. The summed E-state index contributed by atoms with van der Waals surface area (Å²) < 4.78 is 2.36. The maximum absolute atomic E-state index is 6.23. The molecule has 0 aliphatic carbocycles. The minimum Gasteiger partial charge on any atom is -0.346 e. The summed E-state index contributed by atoms with van der Waals surface area (Å²) in [5.41, 5.74) is 10.4. The van der Waals surface area contributed by atoms with E-state index in [1.807, 2.05) is 0 Å². The van der Waals surface area contributed by atoms with Gasteiger partial charge in [-0.15, -0.1) is 0 Å². The largest absolute Gasteiger partial charge is 0.346 e. The van der Waals surface area contributed by atoms with E-state index in [9.17, 15) is 0 Å². The molecule has 3 nitrogen and oxygen atoms in total. The molecule has 0 spiro atoms. The Bertz CT molecular complexity index is 590. The Hall–Kier alpha value is -1.32. The first-order valence-electron chi connectivity index (χ1n) is 8.12. The van der Waals surface area contributed by atoms with E-state index in [4.69, 9.17) is 5.73 Å². The van der Waals surface area contributed by atoms with Crippen LogP contribution in [0, 0.1) is 12.8 Å². The minimum absolute atomic E-state index is 0.389. The van der Waals surface area contributed by atoms with Crippen molar-refractivity contribution in [1.29, 1.82) is 0 Å². The van der Waals surface area contributed by atoms with Gasteiger partial charge in [-0.05, 0) is 30.9 Å². The van der Waals surface area contributed by atoms with Crippen LogP contribution in [0.2, 0.25) is 0 Å². The molecule has 0 radical (unpaired) electrons. The number of likely N-dealkylation sites (tertiary alicyclic amines) is 1. The zero-order valence-corrected chi connectivity index (χ0v) is 13.5. The van der Waals surface area contributed by atoms with Crippen LogP contribution in [0.4, 0.5) is 0 Å². The van der Waals surface area contributed by atoms with Crippen LogP contribution in [0.1, 0.15) is 31.0 Å². The molecule has 3 rings (SSSR count). The van der Waals surface area contributed by atoms with Crippen molar-refractivity contribution in [3.63, 3.8) is 0 Å². The lowest BCUT2D eigenvalue weighted by atomic mass is 9.90. The fraction of sp³-hybridized carbons (Fsp3) is 0.556. The van der Waals surface area contributed by atoms with Crippen LogP contribution in [0.5, 0.6) is 0 Å². The van der Waals surface area contributed by atoms with Gasteiger partial charge in [-0.25, -0.2) is 0 Å². The highest BCUT2D eigenvalue weighted by atomic mass is 15.2. The Morgan fingerprint density at radius 3 is 2.76 bits per heavy atom. The molecule has 3 heteroatoms. The van der Waals surface area contributed by atoms with Crippen LogP contribution >= 0.6 is 0 Å². The van der Waals surface area contributed by atoms with E-state index in [1.54, 1.807) is 0 Å². The lowest BCUT2D eigenvalue weighted by Gasteiger charge is -2.36. The van der Waals surface area contributed by atoms with Gasteiger partial charge in [-0.2, -0.15) is 0 Å². The summed E-state index contributed by atoms with van der Waals surface area (Å²) in [5.74, 6) is 0.647. The van der Waals surface area contributed by atoms with Gasteiger partial charge in [-0.1, -0.05) is 31.5 Å². The second-order valence-corrected chi connectivity index (χ2v) is 6.50. The number of benzene rings is 1. The number of rotatable bonds is 3. The van der Waals surface area contributed by atoms with Crippen molar-refractivity contribution in [2.24, 2.45) is 18.7 Å². The van der Waals surface area contributed by atoms with E-state index in [2.05, 4.69) is 54.6 Å². The zero-order chi connectivity index (χ0) is 15.0. The van der Waals surface area contributed by atoms with E-state index >= 15 is 0 Å². The topological polar surface area (TPSA) is 34.2 Å². The molecule has 0 bridgehead atoms. The third-order valence-corrected chi connectivity index (χ3v) is 5.28. The molecule has 1 aromatic heterocycles. The van der Waals surface area contributed by atoms with E-state index < -0.39 is 0 Å². The number of aryl methyl sites for hydroxylation is 2. The molecule has 0 saturated carbocycles. The first-order valence-corrected chi connectivity index (χ1v) is 8.12. The molecular formula is C18H27N3. The van der Waals surface area contributed by atoms with Gasteiger partial charge >= 0.3 is 0 Å². The summed E-state index contributed by atoms with van der Waals surface area (Å²) in [4.78, 5) is 2.58. The second kappa shape index (κ2) is 5.82. The summed E-state index contributed by atoms with van der Waals surface area (Å²) in [6, 6.07) is 9.09. The summed E-state index contributed by atoms with van der Waals surface area (Å²) >= 11 is 0. The first kappa shape index (κ1) is 14.6. The second-order valence-electron chi connectivity index (χ2n) is 6.50. The highest BCUT2D eigenvalue weighted by Gasteiger charge is 2.26. The Kier molecular flexibility index (Phi) is 4.05. The summed E-state index contributed by atoms with van der Waals surface area (Å²) in [6.07, 6.45) is 2.31. The first-order chi connectivity index (χ1) is 10.1. The van der Waals surface area contributed by atoms with E-state index in [1.165, 1.54) is 28.6 Å². The van der Waals surface area contributed by atoms with Gasteiger partial charge in [-0.3, -0.25) is 4.90 Å². The van der Waals surface area contributed by atoms with Crippen molar-refractivity contribution in [3.05, 3.63) is 35.5 Å². The Balaban J connectivity index is 1.85. The molecule has 1 aliphatic heterocycles. The molecule has 1 aromatic carbocycles. The predicted octanol–water partition coefficient (Wildman–Crippen LogP) is 3.05. The third kappa shape index (κ3) is 2.60. The van der Waals surface area contributed by atoms with Crippen LogP contribution in [0.3, 0.4) is 0 Å². The van der Waals surface area contributed by atoms with Crippen molar-refractivity contribution in [3.8, 4) is 0 Å². The number of hydrogen-bond donors (Lipinski definition) is 1. The zero-order valence-electron chi connectivity index (χ0n) is 13.5.